The summed E-state index contributed by atoms with van der Waals surface area (Å²) in [5, 5.41) is 19.8. The van der Waals surface area contributed by atoms with Crippen molar-refractivity contribution >= 4 is 17.3 Å². The maximum absolute atomic E-state index is 13.6. The van der Waals surface area contributed by atoms with Crippen LogP contribution in [0, 0.1) is 17.2 Å². The van der Waals surface area contributed by atoms with Crippen molar-refractivity contribution in [2.45, 2.75) is 90.3 Å². The molecule has 4 rings (SSSR count). The molecule has 5 heteroatoms. The molecule has 0 aromatic heterocycles. The summed E-state index contributed by atoms with van der Waals surface area (Å²) in [4.78, 5) is 13.6. The van der Waals surface area contributed by atoms with Crippen molar-refractivity contribution in [1.82, 2.24) is 5.32 Å². The lowest BCUT2D eigenvalue weighted by Gasteiger charge is -2.30. The molecule has 2 aliphatic rings. The molecule has 1 amide bonds. The molecular formula is C31H42N4O. The van der Waals surface area contributed by atoms with E-state index in [-0.39, 0.29) is 24.0 Å². The minimum absolute atomic E-state index is 0.0122. The number of nitrogens with zero attached hydrogens (tertiary/aromatic N) is 1. The van der Waals surface area contributed by atoms with Crippen LogP contribution >= 0.6 is 0 Å². The van der Waals surface area contributed by atoms with Crippen molar-refractivity contribution in [2.24, 2.45) is 5.92 Å². The molecule has 1 unspecified atom stereocenters. The first kappa shape index (κ1) is 27.3. The lowest BCUT2D eigenvalue weighted by atomic mass is 9.84. The van der Waals surface area contributed by atoms with Crippen LogP contribution in [0.5, 0.6) is 0 Å². The molecule has 1 saturated carbocycles. The van der Waals surface area contributed by atoms with Gasteiger partial charge in [-0.15, -0.1) is 0 Å². The van der Waals surface area contributed by atoms with Gasteiger partial charge in [-0.3, -0.25) is 4.79 Å². The maximum atomic E-state index is 13.6. The van der Waals surface area contributed by atoms with E-state index in [1.807, 2.05) is 38.1 Å². The lowest BCUT2D eigenvalue weighted by molar-refractivity contribution is -0.122. The van der Waals surface area contributed by atoms with Gasteiger partial charge in [0, 0.05) is 5.69 Å². The third-order valence-corrected chi connectivity index (χ3v) is 7.38. The van der Waals surface area contributed by atoms with E-state index >= 15 is 0 Å². The Balaban J connectivity index is 0.00000176. The summed E-state index contributed by atoms with van der Waals surface area (Å²) < 4.78 is 0. The second kappa shape index (κ2) is 13.7. The number of amides is 1. The summed E-state index contributed by atoms with van der Waals surface area (Å²) >= 11 is 0. The van der Waals surface area contributed by atoms with E-state index in [4.69, 9.17) is 0 Å². The Labute approximate surface area is 217 Å². The third kappa shape index (κ3) is 6.91. The van der Waals surface area contributed by atoms with Crippen LogP contribution in [0.25, 0.3) is 0 Å². The molecule has 192 valence electrons. The highest BCUT2D eigenvalue weighted by atomic mass is 16.2. The highest BCUT2D eigenvalue weighted by Crippen LogP contribution is 2.31. The fourth-order valence-corrected chi connectivity index (χ4v) is 5.38. The van der Waals surface area contributed by atoms with Gasteiger partial charge in [0.2, 0.25) is 5.91 Å². The average Bonchev–Trinajstić information content (AvgIpc) is 3.37. The van der Waals surface area contributed by atoms with E-state index in [0.29, 0.717) is 11.5 Å². The number of hydrogen-bond donors (Lipinski definition) is 3. The zero-order valence-corrected chi connectivity index (χ0v) is 22.1. The van der Waals surface area contributed by atoms with Gasteiger partial charge in [-0.25, -0.2) is 0 Å². The van der Waals surface area contributed by atoms with Crippen LogP contribution in [0.4, 0.5) is 11.4 Å². The molecule has 1 heterocycles. The monoisotopic (exact) mass is 486 g/mol. The number of hydrogen-bond acceptors (Lipinski definition) is 4. The van der Waals surface area contributed by atoms with Crippen LogP contribution in [0.15, 0.2) is 60.7 Å². The molecule has 0 saturated heterocycles. The minimum atomic E-state index is -0.381. The third-order valence-electron chi connectivity index (χ3n) is 7.38. The fourth-order valence-electron chi connectivity index (χ4n) is 5.38. The number of nitriles is 1. The van der Waals surface area contributed by atoms with Crippen molar-refractivity contribution in [3.8, 4) is 6.07 Å². The van der Waals surface area contributed by atoms with E-state index in [2.05, 4.69) is 53.7 Å². The van der Waals surface area contributed by atoms with Crippen molar-refractivity contribution in [3.05, 3.63) is 71.8 Å². The Morgan fingerprint density at radius 3 is 2.47 bits per heavy atom. The summed E-state index contributed by atoms with van der Waals surface area (Å²) in [7, 11) is 0. The number of nitrogens with one attached hydrogen (secondary N) is 3. The second-order valence-electron chi connectivity index (χ2n) is 9.70. The summed E-state index contributed by atoms with van der Waals surface area (Å²) in [6.45, 7) is 10.5. The lowest BCUT2D eigenvalue weighted by Crippen LogP contribution is -2.47. The molecular weight excluding hydrogens is 444 g/mol. The number of carbonyl (C=O) groups is 1. The van der Waals surface area contributed by atoms with E-state index in [9.17, 15) is 10.1 Å². The summed E-state index contributed by atoms with van der Waals surface area (Å²) in [6, 6.07) is 17.6. The molecule has 2 aromatic rings. The Bertz CT molecular complexity index is 1030. The van der Waals surface area contributed by atoms with Crippen molar-refractivity contribution in [2.75, 3.05) is 10.6 Å². The van der Waals surface area contributed by atoms with Crippen LogP contribution in [-0.4, -0.2) is 24.0 Å². The molecule has 0 bridgehead atoms. The SMILES string of the molecule is C=C(C1Cc2ccccc2N1)[C@H](CC)NC(=O)[C@H](CC1CCCCC1)Nc1ccccc1C#N.CC. The van der Waals surface area contributed by atoms with Gasteiger partial charge in [0.25, 0.3) is 0 Å². The molecule has 3 atom stereocenters. The summed E-state index contributed by atoms with van der Waals surface area (Å²) in [5.41, 5.74) is 4.74. The molecule has 2 aromatic carbocycles. The Morgan fingerprint density at radius 1 is 1.08 bits per heavy atom. The average molecular weight is 487 g/mol. The predicted molar refractivity (Wildman–Crippen MR) is 150 cm³/mol. The predicted octanol–water partition coefficient (Wildman–Crippen LogP) is 6.82. The Kier molecular flexibility index (Phi) is 10.4. The standard InChI is InChI=1S/C29H36N4O.C2H6/c1-3-24(20(2)27-18-22-13-7-9-15-25(22)31-27)33-29(34)28(17-21-11-5-4-6-12-21)32-26-16-10-8-14-23(26)19-30;1-2/h7-10,13-16,21,24,27-28,31-32H,2-6,11-12,17-18H2,1H3,(H,33,34);1-2H3/t24-,27?,28-;/m0./s1. The van der Waals surface area contributed by atoms with Crippen molar-refractivity contribution in [1.29, 1.82) is 5.26 Å². The molecule has 1 aliphatic heterocycles. The van der Waals surface area contributed by atoms with Gasteiger partial charge in [0.1, 0.15) is 12.1 Å². The number of rotatable bonds is 9. The number of benzene rings is 2. The molecule has 3 N–H and O–H groups in total. The molecule has 0 spiro atoms. The maximum Gasteiger partial charge on any atom is 0.242 e. The quantitative estimate of drug-likeness (QED) is 0.340. The highest BCUT2D eigenvalue weighted by molar-refractivity contribution is 5.85. The van der Waals surface area contributed by atoms with Crippen LogP contribution < -0.4 is 16.0 Å². The second-order valence-corrected chi connectivity index (χ2v) is 9.70. The van der Waals surface area contributed by atoms with Gasteiger partial charge < -0.3 is 16.0 Å². The zero-order valence-electron chi connectivity index (χ0n) is 22.1. The summed E-state index contributed by atoms with van der Waals surface area (Å²) in [5.74, 6) is 0.516. The number of anilines is 2. The van der Waals surface area contributed by atoms with E-state index < -0.39 is 0 Å². The normalized spacial score (nSPS) is 18.3. The number of carbonyl (C=O) groups excluding carboxylic acids is 1. The van der Waals surface area contributed by atoms with Crippen molar-refractivity contribution in [3.63, 3.8) is 0 Å². The highest BCUT2D eigenvalue weighted by Gasteiger charge is 2.30. The molecule has 1 fully saturated rings. The molecule has 1 aliphatic carbocycles. The fraction of sp³-hybridized carbons (Fsp3) is 0.484. The van der Waals surface area contributed by atoms with Gasteiger partial charge >= 0.3 is 0 Å². The largest absolute Gasteiger partial charge is 0.378 e. The van der Waals surface area contributed by atoms with E-state index in [1.165, 1.54) is 37.7 Å². The summed E-state index contributed by atoms with van der Waals surface area (Å²) in [6.07, 6.45) is 8.53. The molecule has 36 heavy (non-hydrogen) atoms. The van der Waals surface area contributed by atoms with Gasteiger partial charge in [-0.05, 0) is 54.5 Å². The number of para-hydroxylation sites is 2. The first-order valence-electron chi connectivity index (χ1n) is 13.7. The van der Waals surface area contributed by atoms with Gasteiger partial charge in [-0.2, -0.15) is 5.26 Å². The Morgan fingerprint density at radius 2 is 1.78 bits per heavy atom. The van der Waals surface area contributed by atoms with Crippen LogP contribution in [0.1, 0.15) is 76.8 Å². The van der Waals surface area contributed by atoms with Gasteiger partial charge in [0.15, 0.2) is 0 Å². The van der Waals surface area contributed by atoms with Crippen LogP contribution in [-0.2, 0) is 11.2 Å². The molecule has 0 radical (unpaired) electrons. The topological polar surface area (TPSA) is 76.9 Å². The van der Waals surface area contributed by atoms with Crippen molar-refractivity contribution < 1.29 is 4.79 Å². The number of fused-ring (bicyclic) bond motifs is 1. The van der Waals surface area contributed by atoms with E-state index in [0.717, 1.165) is 36.2 Å². The minimum Gasteiger partial charge on any atom is -0.378 e. The van der Waals surface area contributed by atoms with Crippen LogP contribution in [0.3, 0.4) is 0 Å². The Hall–Kier alpha value is -3.26. The van der Waals surface area contributed by atoms with Gasteiger partial charge in [0.05, 0.1) is 23.3 Å². The first-order chi connectivity index (χ1) is 17.6. The van der Waals surface area contributed by atoms with Crippen LogP contribution in [0.2, 0.25) is 0 Å². The molecule has 5 nitrogen and oxygen atoms in total. The smallest absolute Gasteiger partial charge is 0.242 e. The van der Waals surface area contributed by atoms with Gasteiger partial charge in [-0.1, -0.05) is 89.8 Å². The first-order valence-corrected chi connectivity index (χ1v) is 13.7. The zero-order chi connectivity index (χ0) is 25.9. The van der Waals surface area contributed by atoms with E-state index in [1.54, 1.807) is 6.07 Å².